The summed E-state index contributed by atoms with van der Waals surface area (Å²) in [5.74, 6) is -0.285. The predicted octanol–water partition coefficient (Wildman–Crippen LogP) is 1.76. The third-order valence-electron chi connectivity index (χ3n) is 2.55. The first kappa shape index (κ1) is 16.3. The Kier molecular flexibility index (Phi) is 8.06. The van der Waals surface area contributed by atoms with Gasteiger partial charge in [-0.3, -0.25) is 0 Å². The van der Waals surface area contributed by atoms with Crippen molar-refractivity contribution in [2.75, 3.05) is 27.9 Å². The van der Waals surface area contributed by atoms with E-state index < -0.39 is 8.80 Å². The highest BCUT2D eigenvalue weighted by Gasteiger charge is 2.36. The van der Waals surface area contributed by atoms with Crippen molar-refractivity contribution < 1.29 is 22.8 Å². The fourth-order valence-electron chi connectivity index (χ4n) is 1.24. The van der Waals surface area contributed by atoms with Crippen molar-refractivity contribution in [1.82, 2.24) is 0 Å². The maximum atomic E-state index is 11.3. The average Bonchev–Trinajstić information content (AvgIpc) is 2.38. The van der Waals surface area contributed by atoms with Gasteiger partial charge in [-0.2, -0.15) is 0 Å². The molecule has 0 aliphatic heterocycles. The topological polar surface area (TPSA) is 54.0 Å². The lowest BCUT2D eigenvalue weighted by Gasteiger charge is -2.24. The Balaban J connectivity index is 3.95. The molecule has 0 aliphatic rings. The van der Waals surface area contributed by atoms with Gasteiger partial charge in [-0.1, -0.05) is 6.08 Å². The summed E-state index contributed by atoms with van der Waals surface area (Å²) in [6.07, 6.45) is 2.38. The van der Waals surface area contributed by atoms with Crippen molar-refractivity contribution in [3.63, 3.8) is 0 Å². The normalized spacial score (nSPS) is 12.6. The number of hydrogen-bond acceptors (Lipinski definition) is 5. The van der Waals surface area contributed by atoms with E-state index in [-0.39, 0.29) is 5.97 Å². The van der Waals surface area contributed by atoms with Crippen LogP contribution in [-0.4, -0.2) is 42.7 Å². The minimum absolute atomic E-state index is 0.285. The number of ether oxygens (including phenoxy) is 1. The van der Waals surface area contributed by atoms with Crippen molar-refractivity contribution in [2.24, 2.45) is 0 Å². The van der Waals surface area contributed by atoms with Crippen LogP contribution in [0.4, 0.5) is 0 Å². The summed E-state index contributed by atoms with van der Waals surface area (Å²) < 4.78 is 20.8. The van der Waals surface area contributed by atoms with Crippen LogP contribution < -0.4 is 0 Å². The lowest BCUT2D eigenvalue weighted by molar-refractivity contribution is -0.139. The summed E-state index contributed by atoms with van der Waals surface area (Å²) in [5, 5.41) is 0. The molecule has 0 amide bonds. The van der Waals surface area contributed by atoms with Gasteiger partial charge in [-0.25, -0.2) is 4.79 Å². The van der Waals surface area contributed by atoms with Crippen molar-refractivity contribution in [3.8, 4) is 0 Å². The highest BCUT2D eigenvalue weighted by atomic mass is 28.4. The Morgan fingerprint density at radius 2 is 1.71 bits per heavy atom. The van der Waals surface area contributed by atoms with Gasteiger partial charge in [0, 0.05) is 32.9 Å². The molecule has 0 fully saturated rings. The molecule has 17 heavy (non-hydrogen) atoms. The molecule has 0 saturated heterocycles. The number of carbonyl (C=O) groups excluding carboxylic acids is 1. The second-order valence-corrected chi connectivity index (χ2v) is 6.60. The van der Waals surface area contributed by atoms with Gasteiger partial charge < -0.3 is 18.0 Å². The van der Waals surface area contributed by atoms with E-state index in [2.05, 4.69) is 0 Å². The SMILES string of the molecule is C/C=C(\C)C(=O)OCCC[Si](OC)(OC)OC. The second-order valence-electron chi connectivity index (χ2n) is 3.51. The minimum atomic E-state index is -2.53. The molecule has 0 aromatic carbocycles. The van der Waals surface area contributed by atoms with E-state index >= 15 is 0 Å². The van der Waals surface area contributed by atoms with Gasteiger partial charge in [0.2, 0.25) is 0 Å². The van der Waals surface area contributed by atoms with Crippen LogP contribution in [0.15, 0.2) is 11.6 Å². The van der Waals surface area contributed by atoms with E-state index in [1.165, 1.54) is 0 Å². The number of hydrogen-bond donors (Lipinski definition) is 0. The lowest BCUT2D eigenvalue weighted by Crippen LogP contribution is -2.42. The Morgan fingerprint density at radius 3 is 2.12 bits per heavy atom. The molecule has 0 aromatic rings. The van der Waals surface area contributed by atoms with Crippen molar-refractivity contribution in [3.05, 3.63) is 11.6 Å². The molecule has 0 atom stereocenters. The summed E-state index contributed by atoms with van der Waals surface area (Å²) >= 11 is 0. The van der Waals surface area contributed by atoms with E-state index in [4.69, 9.17) is 18.0 Å². The zero-order valence-corrected chi connectivity index (χ0v) is 12.2. The molecule has 100 valence electrons. The first-order valence-electron chi connectivity index (χ1n) is 5.50. The molecule has 0 saturated carbocycles. The molecular weight excluding hydrogens is 240 g/mol. The average molecular weight is 262 g/mol. The Bertz CT molecular complexity index is 252. The zero-order chi connectivity index (χ0) is 13.3. The molecule has 0 N–H and O–H groups in total. The molecule has 0 spiro atoms. The molecule has 0 bridgehead atoms. The smallest absolute Gasteiger partial charge is 0.462 e. The summed E-state index contributed by atoms with van der Waals surface area (Å²) in [5.41, 5.74) is 0.610. The maximum absolute atomic E-state index is 11.3. The van der Waals surface area contributed by atoms with Crippen molar-refractivity contribution >= 4 is 14.8 Å². The van der Waals surface area contributed by atoms with E-state index in [0.717, 1.165) is 0 Å². The zero-order valence-electron chi connectivity index (χ0n) is 11.2. The van der Waals surface area contributed by atoms with Crippen LogP contribution in [-0.2, 0) is 22.8 Å². The van der Waals surface area contributed by atoms with Crippen LogP contribution in [0.5, 0.6) is 0 Å². The lowest BCUT2D eigenvalue weighted by atomic mass is 10.3. The quantitative estimate of drug-likeness (QED) is 0.289. The Morgan fingerprint density at radius 1 is 1.18 bits per heavy atom. The summed E-state index contributed by atoms with van der Waals surface area (Å²) in [7, 11) is 2.16. The number of allylic oxidation sites excluding steroid dienone is 1. The summed E-state index contributed by atoms with van der Waals surface area (Å²) in [6.45, 7) is 3.87. The third kappa shape index (κ3) is 5.45. The van der Waals surface area contributed by atoms with Crippen LogP contribution >= 0.6 is 0 Å². The van der Waals surface area contributed by atoms with Crippen LogP contribution in [0, 0.1) is 0 Å². The van der Waals surface area contributed by atoms with E-state index in [9.17, 15) is 4.79 Å². The van der Waals surface area contributed by atoms with Crippen LogP contribution in [0.2, 0.25) is 6.04 Å². The van der Waals surface area contributed by atoms with Crippen molar-refractivity contribution in [1.29, 1.82) is 0 Å². The van der Waals surface area contributed by atoms with Crippen LogP contribution in [0.3, 0.4) is 0 Å². The summed E-state index contributed by atoms with van der Waals surface area (Å²) in [4.78, 5) is 11.3. The highest BCUT2D eigenvalue weighted by Crippen LogP contribution is 2.15. The monoisotopic (exact) mass is 262 g/mol. The molecule has 5 nitrogen and oxygen atoms in total. The fourth-order valence-corrected chi connectivity index (χ4v) is 2.93. The molecule has 0 rings (SSSR count). The third-order valence-corrected chi connectivity index (χ3v) is 5.38. The molecule has 0 aliphatic carbocycles. The van der Waals surface area contributed by atoms with Gasteiger partial charge in [-0.15, -0.1) is 0 Å². The van der Waals surface area contributed by atoms with Gasteiger partial charge >= 0.3 is 14.8 Å². The van der Waals surface area contributed by atoms with E-state index in [1.54, 1.807) is 41.3 Å². The van der Waals surface area contributed by atoms with Crippen molar-refractivity contribution in [2.45, 2.75) is 26.3 Å². The number of rotatable bonds is 8. The van der Waals surface area contributed by atoms with Gasteiger partial charge in [0.25, 0.3) is 0 Å². The maximum Gasteiger partial charge on any atom is 0.500 e. The molecular formula is C11H22O5Si. The van der Waals surface area contributed by atoms with Gasteiger partial charge in [-0.05, 0) is 20.3 Å². The largest absolute Gasteiger partial charge is 0.500 e. The molecule has 0 unspecified atom stereocenters. The van der Waals surface area contributed by atoms with Gasteiger partial charge in [0.15, 0.2) is 0 Å². The standard InChI is InChI=1S/C11H22O5Si/c1-6-10(2)11(12)16-8-7-9-17(13-3,14-4)15-5/h6H,7-9H2,1-5H3/b10-6+. The number of carbonyl (C=O) groups is 1. The first-order valence-corrected chi connectivity index (χ1v) is 7.44. The predicted molar refractivity (Wildman–Crippen MR) is 66.6 cm³/mol. The number of esters is 1. The Labute approximate surface area is 104 Å². The molecule has 6 heteroatoms. The van der Waals surface area contributed by atoms with E-state index in [1.807, 2.05) is 0 Å². The highest BCUT2D eigenvalue weighted by molar-refractivity contribution is 6.60. The second kappa shape index (κ2) is 8.41. The molecule has 0 heterocycles. The van der Waals surface area contributed by atoms with Gasteiger partial charge in [0.05, 0.1) is 6.61 Å². The molecule has 0 radical (unpaired) electrons. The fraction of sp³-hybridized carbons (Fsp3) is 0.727. The van der Waals surface area contributed by atoms with Crippen LogP contribution in [0.25, 0.3) is 0 Å². The van der Waals surface area contributed by atoms with Crippen LogP contribution in [0.1, 0.15) is 20.3 Å². The minimum Gasteiger partial charge on any atom is -0.462 e. The summed E-state index contributed by atoms with van der Waals surface area (Å²) in [6, 6.07) is 0.624. The molecule has 0 aromatic heterocycles. The van der Waals surface area contributed by atoms with Gasteiger partial charge in [0.1, 0.15) is 0 Å². The Hall–Kier alpha value is -0.693. The van der Waals surface area contributed by atoms with E-state index in [0.29, 0.717) is 24.6 Å². The first-order chi connectivity index (χ1) is 8.05.